The number of hydrogen-bond acceptors (Lipinski definition) is 7. The summed E-state index contributed by atoms with van der Waals surface area (Å²) < 4.78 is 12.7. The maximum Gasteiger partial charge on any atom is 0.271 e. The Bertz CT molecular complexity index is 1690. The Labute approximate surface area is 246 Å². The molecule has 1 aliphatic heterocycles. The van der Waals surface area contributed by atoms with Gasteiger partial charge >= 0.3 is 0 Å². The van der Waals surface area contributed by atoms with E-state index < -0.39 is 4.92 Å². The van der Waals surface area contributed by atoms with Gasteiger partial charge in [0.25, 0.3) is 11.6 Å². The first-order valence-electron chi connectivity index (χ1n) is 11.5. The van der Waals surface area contributed by atoms with Crippen molar-refractivity contribution in [3.63, 3.8) is 0 Å². The molecule has 1 fully saturated rings. The van der Waals surface area contributed by atoms with E-state index in [0.717, 1.165) is 37.2 Å². The summed E-state index contributed by atoms with van der Waals surface area (Å²) in [6.45, 7) is 0.372. The summed E-state index contributed by atoms with van der Waals surface area (Å²) in [6, 6.07) is 22.0. The summed E-state index contributed by atoms with van der Waals surface area (Å²) in [7, 11) is 1.57. The van der Waals surface area contributed by atoms with Crippen LogP contribution in [-0.4, -0.2) is 23.1 Å². The van der Waals surface area contributed by atoms with Crippen molar-refractivity contribution in [3.8, 4) is 11.5 Å². The molecule has 11 heteroatoms. The standard InChI is InChI=1S/C28H19ClIN3O5S/c1-37-24-12-16(11-22(30)26(24)38-15-18-7-4-6-17-5-2-3-8-20(17)18)13-25-27(34)32-28(39-25)31-23-10-9-19(33(35)36)14-21(23)29/h2-14H,15H2,1H3,(H,31,32,34)/b25-13+. The third kappa shape index (κ3) is 6.02. The van der Waals surface area contributed by atoms with Gasteiger partial charge in [-0.05, 0) is 80.5 Å². The number of halogens is 2. The molecule has 1 heterocycles. The highest BCUT2D eigenvalue weighted by atomic mass is 127. The number of methoxy groups -OCH3 is 1. The molecule has 4 aromatic rings. The molecule has 8 nitrogen and oxygen atoms in total. The van der Waals surface area contributed by atoms with Crippen LogP contribution in [0.4, 0.5) is 11.4 Å². The molecule has 39 heavy (non-hydrogen) atoms. The number of carbonyl (C=O) groups is 1. The quantitative estimate of drug-likeness (QED) is 0.0946. The number of nitrogens with zero attached hydrogens (tertiary/aromatic N) is 2. The minimum absolute atomic E-state index is 0.113. The van der Waals surface area contributed by atoms with Crippen molar-refractivity contribution in [1.29, 1.82) is 0 Å². The number of fused-ring (bicyclic) bond motifs is 1. The van der Waals surface area contributed by atoms with Crippen LogP contribution < -0.4 is 14.8 Å². The van der Waals surface area contributed by atoms with Gasteiger partial charge in [0.1, 0.15) is 6.61 Å². The zero-order valence-corrected chi connectivity index (χ0v) is 24.0. The number of ether oxygens (including phenoxy) is 2. The third-order valence-corrected chi connectivity index (χ3v) is 7.83. The van der Waals surface area contributed by atoms with E-state index >= 15 is 0 Å². The van der Waals surface area contributed by atoms with Gasteiger partial charge < -0.3 is 14.8 Å². The van der Waals surface area contributed by atoms with Gasteiger partial charge in [0.05, 0.1) is 31.2 Å². The molecular formula is C28H19ClIN3O5S. The highest BCUT2D eigenvalue weighted by Crippen LogP contribution is 2.37. The van der Waals surface area contributed by atoms with Gasteiger partial charge in [-0.15, -0.1) is 0 Å². The first-order chi connectivity index (χ1) is 18.8. The highest BCUT2D eigenvalue weighted by Gasteiger charge is 2.25. The van der Waals surface area contributed by atoms with E-state index in [1.807, 2.05) is 36.4 Å². The number of carbonyl (C=O) groups excluding carboxylic acids is 1. The number of nitro benzene ring substituents is 1. The molecule has 0 aromatic heterocycles. The fourth-order valence-electron chi connectivity index (χ4n) is 3.97. The lowest BCUT2D eigenvalue weighted by Crippen LogP contribution is -2.19. The Morgan fingerprint density at radius 2 is 1.92 bits per heavy atom. The summed E-state index contributed by atoms with van der Waals surface area (Å²) in [5, 5.41) is 16.3. The van der Waals surface area contributed by atoms with Crippen molar-refractivity contribution in [2.75, 3.05) is 7.11 Å². The topological polar surface area (TPSA) is 103 Å². The average Bonchev–Trinajstić information content (AvgIpc) is 3.26. The molecule has 1 saturated heterocycles. The third-order valence-electron chi connectivity index (χ3n) is 5.82. The number of amidine groups is 1. The first kappa shape index (κ1) is 27.0. The number of rotatable bonds is 7. The number of non-ortho nitro benzene ring substituents is 1. The number of nitrogens with one attached hydrogen (secondary N) is 1. The van der Waals surface area contributed by atoms with E-state index in [-0.39, 0.29) is 16.6 Å². The SMILES string of the molecule is COc1cc(/C=C2/SC(=Nc3ccc([N+](=O)[O-])cc3Cl)NC2=O)cc(I)c1OCc1cccc2ccccc12. The molecule has 0 saturated carbocycles. The molecule has 4 aromatic carbocycles. The van der Waals surface area contributed by atoms with Crippen molar-refractivity contribution >= 4 is 85.3 Å². The van der Waals surface area contributed by atoms with Gasteiger partial charge in [0.15, 0.2) is 16.7 Å². The number of hydrogen-bond donors (Lipinski definition) is 1. The second-order valence-electron chi connectivity index (χ2n) is 8.34. The lowest BCUT2D eigenvalue weighted by Gasteiger charge is -2.15. The van der Waals surface area contributed by atoms with Crippen LogP contribution in [-0.2, 0) is 11.4 Å². The molecule has 0 spiro atoms. The molecule has 1 N–H and O–H groups in total. The Hall–Kier alpha value is -3.61. The highest BCUT2D eigenvalue weighted by molar-refractivity contribution is 14.1. The lowest BCUT2D eigenvalue weighted by molar-refractivity contribution is -0.384. The normalized spacial score (nSPS) is 15.1. The summed E-state index contributed by atoms with van der Waals surface area (Å²) in [5.41, 5.74) is 1.99. The maximum atomic E-state index is 12.6. The monoisotopic (exact) mass is 671 g/mol. The van der Waals surface area contributed by atoms with E-state index in [2.05, 4.69) is 51.1 Å². The largest absolute Gasteiger partial charge is 0.493 e. The van der Waals surface area contributed by atoms with Crippen LogP contribution in [0.5, 0.6) is 11.5 Å². The predicted octanol–water partition coefficient (Wildman–Crippen LogP) is 7.49. The summed E-state index contributed by atoms with van der Waals surface area (Å²) in [4.78, 5) is 27.8. The van der Waals surface area contributed by atoms with E-state index in [0.29, 0.717) is 33.9 Å². The minimum Gasteiger partial charge on any atom is -0.493 e. The van der Waals surface area contributed by atoms with Gasteiger partial charge in [-0.1, -0.05) is 54.1 Å². The van der Waals surface area contributed by atoms with Crippen LogP contribution in [0.25, 0.3) is 16.8 Å². The Morgan fingerprint density at radius 3 is 2.69 bits per heavy atom. The molecule has 5 rings (SSSR count). The Kier molecular flexibility index (Phi) is 8.05. The summed E-state index contributed by atoms with van der Waals surface area (Å²) in [5.74, 6) is 0.845. The van der Waals surface area contributed by atoms with Crippen LogP contribution in [0.15, 0.2) is 82.7 Å². The summed E-state index contributed by atoms with van der Waals surface area (Å²) in [6.07, 6.45) is 1.74. The second-order valence-corrected chi connectivity index (χ2v) is 10.9. The van der Waals surface area contributed by atoms with Gasteiger partial charge in [-0.2, -0.15) is 0 Å². The molecule has 1 amide bonds. The van der Waals surface area contributed by atoms with Crippen LogP contribution in [0, 0.1) is 13.7 Å². The van der Waals surface area contributed by atoms with E-state index in [1.54, 1.807) is 13.2 Å². The van der Waals surface area contributed by atoms with Crippen molar-refractivity contribution in [3.05, 3.63) is 108 Å². The van der Waals surface area contributed by atoms with Crippen LogP contribution in [0.3, 0.4) is 0 Å². The van der Waals surface area contributed by atoms with E-state index in [4.69, 9.17) is 21.1 Å². The molecular weight excluding hydrogens is 653 g/mol. The van der Waals surface area contributed by atoms with Gasteiger partial charge in [-0.3, -0.25) is 14.9 Å². The molecule has 0 atom stereocenters. The smallest absolute Gasteiger partial charge is 0.271 e. The Morgan fingerprint density at radius 1 is 1.13 bits per heavy atom. The van der Waals surface area contributed by atoms with Gasteiger partial charge in [0.2, 0.25) is 0 Å². The van der Waals surface area contributed by atoms with Crippen LogP contribution in [0.1, 0.15) is 11.1 Å². The Balaban J connectivity index is 1.36. The molecule has 1 aliphatic rings. The van der Waals surface area contributed by atoms with Crippen molar-refractivity contribution < 1.29 is 19.2 Å². The number of nitro groups is 1. The van der Waals surface area contributed by atoms with Crippen molar-refractivity contribution in [2.24, 2.45) is 4.99 Å². The molecule has 0 radical (unpaired) electrons. The molecule has 0 unspecified atom stereocenters. The zero-order chi connectivity index (χ0) is 27.5. The number of amides is 1. The van der Waals surface area contributed by atoms with Crippen LogP contribution in [0.2, 0.25) is 5.02 Å². The zero-order valence-electron chi connectivity index (χ0n) is 20.3. The average molecular weight is 672 g/mol. The summed E-state index contributed by atoms with van der Waals surface area (Å²) >= 11 is 9.47. The lowest BCUT2D eigenvalue weighted by atomic mass is 10.1. The van der Waals surface area contributed by atoms with E-state index in [1.165, 1.54) is 18.2 Å². The van der Waals surface area contributed by atoms with Crippen LogP contribution >= 0.6 is 46.0 Å². The molecule has 196 valence electrons. The fraction of sp³-hybridized carbons (Fsp3) is 0.0714. The number of benzene rings is 4. The van der Waals surface area contributed by atoms with Crippen molar-refractivity contribution in [2.45, 2.75) is 6.61 Å². The molecule has 0 bridgehead atoms. The molecule has 0 aliphatic carbocycles. The number of thioether (sulfide) groups is 1. The first-order valence-corrected chi connectivity index (χ1v) is 13.8. The van der Waals surface area contributed by atoms with Gasteiger partial charge in [-0.25, -0.2) is 4.99 Å². The van der Waals surface area contributed by atoms with Gasteiger partial charge in [0, 0.05) is 12.1 Å². The fourth-order valence-corrected chi connectivity index (χ4v) is 5.81. The minimum atomic E-state index is -0.536. The van der Waals surface area contributed by atoms with E-state index in [9.17, 15) is 14.9 Å². The maximum absolute atomic E-state index is 12.6. The second kappa shape index (κ2) is 11.6. The number of aliphatic imine (C=N–C) groups is 1. The predicted molar refractivity (Wildman–Crippen MR) is 163 cm³/mol. The van der Waals surface area contributed by atoms with Crippen molar-refractivity contribution in [1.82, 2.24) is 5.32 Å².